The fraction of sp³-hybridized carbons (Fsp3) is 0.227. The van der Waals surface area contributed by atoms with Gasteiger partial charge in [-0.2, -0.15) is 5.10 Å². The summed E-state index contributed by atoms with van der Waals surface area (Å²) < 4.78 is 17.3. The zero-order valence-electron chi connectivity index (χ0n) is 16.3. The molecule has 1 aromatic carbocycles. The van der Waals surface area contributed by atoms with E-state index in [1.54, 1.807) is 24.0 Å². The summed E-state index contributed by atoms with van der Waals surface area (Å²) in [6.45, 7) is -0.423. The van der Waals surface area contributed by atoms with Crippen molar-refractivity contribution in [2.24, 2.45) is 12.8 Å². The predicted octanol–water partition coefficient (Wildman–Crippen LogP) is 1.48. The number of hydrogen-bond donors (Lipinski definition) is 1. The van der Waals surface area contributed by atoms with Gasteiger partial charge >= 0.3 is 11.9 Å². The predicted molar refractivity (Wildman–Crippen MR) is 107 cm³/mol. The van der Waals surface area contributed by atoms with Crippen molar-refractivity contribution in [3.8, 4) is 41.6 Å². The first kappa shape index (κ1) is 20.6. The number of nitrogens with two attached hydrogens (primary N) is 1. The molecule has 1 aliphatic heterocycles. The van der Waals surface area contributed by atoms with Crippen molar-refractivity contribution in [2.75, 3.05) is 13.2 Å². The molecular formula is C22H19N3O5. The second-order valence-electron chi connectivity index (χ2n) is 6.44. The molecule has 30 heavy (non-hydrogen) atoms. The van der Waals surface area contributed by atoms with Crippen LogP contribution in [-0.4, -0.2) is 34.9 Å². The molecule has 0 amide bonds. The highest BCUT2D eigenvalue weighted by atomic mass is 16.5. The Labute approximate surface area is 173 Å². The van der Waals surface area contributed by atoms with Gasteiger partial charge in [-0.15, -0.1) is 12.8 Å². The van der Waals surface area contributed by atoms with Gasteiger partial charge in [0.15, 0.2) is 13.2 Å². The Morgan fingerprint density at radius 1 is 1.23 bits per heavy atom. The molecule has 2 aromatic rings. The third kappa shape index (κ3) is 4.29. The van der Waals surface area contributed by atoms with E-state index in [4.69, 9.17) is 32.8 Å². The molecule has 1 unspecified atom stereocenters. The number of terminal acetylenes is 2. The van der Waals surface area contributed by atoms with Crippen LogP contribution in [0.15, 0.2) is 42.0 Å². The van der Waals surface area contributed by atoms with Gasteiger partial charge in [-0.25, -0.2) is 4.79 Å². The van der Waals surface area contributed by atoms with Crippen LogP contribution in [0.25, 0.3) is 11.1 Å². The van der Waals surface area contributed by atoms with Crippen LogP contribution in [0.3, 0.4) is 0 Å². The summed E-state index contributed by atoms with van der Waals surface area (Å²) in [5, 5.41) is 4.17. The Kier molecular flexibility index (Phi) is 6.09. The Balaban J connectivity index is 2.03. The first-order chi connectivity index (χ1) is 14.4. The highest BCUT2D eigenvalue weighted by Gasteiger charge is 2.36. The van der Waals surface area contributed by atoms with Gasteiger partial charge in [0.2, 0.25) is 5.88 Å². The molecule has 8 heteroatoms. The van der Waals surface area contributed by atoms with Crippen LogP contribution >= 0.6 is 0 Å². The summed E-state index contributed by atoms with van der Waals surface area (Å²) in [5.41, 5.74) is 8.25. The van der Waals surface area contributed by atoms with E-state index in [1.165, 1.54) is 0 Å². The summed E-state index contributed by atoms with van der Waals surface area (Å²) in [6.07, 6.45) is 13.7. The van der Waals surface area contributed by atoms with E-state index in [0.29, 0.717) is 11.3 Å². The second kappa shape index (κ2) is 8.89. The van der Waals surface area contributed by atoms with Crippen molar-refractivity contribution in [1.29, 1.82) is 0 Å². The topological polar surface area (TPSA) is 106 Å². The van der Waals surface area contributed by atoms with Crippen molar-refractivity contribution < 1.29 is 23.8 Å². The number of benzene rings is 1. The summed E-state index contributed by atoms with van der Waals surface area (Å²) in [7, 11) is 1.80. The number of esters is 2. The molecule has 1 atom stereocenters. The van der Waals surface area contributed by atoms with Crippen molar-refractivity contribution in [1.82, 2.24) is 9.78 Å². The third-order valence-electron chi connectivity index (χ3n) is 4.45. The van der Waals surface area contributed by atoms with Gasteiger partial charge in [-0.05, 0) is 17.7 Å². The first-order valence-corrected chi connectivity index (χ1v) is 8.94. The van der Waals surface area contributed by atoms with Gasteiger partial charge in [0, 0.05) is 30.3 Å². The summed E-state index contributed by atoms with van der Waals surface area (Å²) >= 11 is 0. The quantitative estimate of drug-likeness (QED) is 0.573. The van der Waals surface area contributed by atoms with E-state index in [9.17, 15) is 9.59 Å². The normalized spacial score (nSPS) is 14.7. The maximum absolute atomic E-state index is 12.6. The fourth-order valence-electron chi connectivity index (χ4n) is 3.15. The minimum absolute atomic E-state index is 0.00116. The van der Waals surface area contributed by atoms with Crippen LogP contribution < -0.4 is 10.5 Å². The van der Waals surface area contributed by atoms with Crippen LogP contribution in [0.5, 0.6) is 5.75 Å². The lowest BCUT2D eigenvalue weighted by molar-refractivity contribution is -0.142. The highest BCUT2D eigenvalue weighted by Crippen LogP contribution is 2.42. The zero-order valence-corrected chi connectivity index (χ0v) is 16.3. The van der Waals surface area contributed by atoms with Gasteiger partial charge in [-0.1, -0.05) is 17.9 Å². The summed E-state index contributed by atoms with van der Waals surface area (Å²) in [6, 6.07) is 5.36. The standard InChI is InChI=1S/C22H19N3O5/c1-4-8-28-19(26)11-17-16-10-14(15-12-24-25(3)13-15)6-7-18(16)30-21(23)20(17)22(27)29-9-5-2/h1-2,6-7,10,12-13,17H,8-9,11,23H2,3H3. The molecule has 0 spiro atoms. The van der Waals surface area contributed by atoms with Crippen LogP contribution in [-0.2, 0) is 26.1 Å². The van der Waals surface area contributed by atoms with Gasteiger partial charge in [0.25, 0.3) is 0 Å². The molecule has 0 saturated carbocycles. The molecule has 0 aliphatic carbocycles. The van der Waals surface area contributed by atoms with Gasteiger partial charge in [0.1, 0.15) is 11.3 Å². The van der Waals surface area contributed by atoms with E-state index in [1.807, 2.05) is 18.3 Å². The highest BCUT2D eigenvalue weighted by molar-refractivity contribution is 5.93. The molecule has 1 aromatic heterocycles. The van der Waals surface area contributed by atoms with Gasteiger partial charge in [-0.3, -0.25) is 9.48 Å². The van der Waals surface area contributed by atoms with Crippen LogP contribution in [0, 0.1) is 24.7 Å². The van der Waals surface area contributed by atoms with E-state index in [0.717, 1.165) is 11.1 Å². The maximum Gasteiger partial charge on any atom is 0.341 e. The minimum atomic E-state index is -0.766. The number of carbonyl (C=O) groups excluding carboxylic acids is 2. The lowest BCUT2D eigenvalue weighted by Gasteiger charge is -2.28. The number of aryl methyl sites for hydroxylation is 1. The number of fused-ring (bicyclic) bond motifs is 1. The van der Waals surface area contributed by atoms with Gasteiger partial charge < -0.3 is 19.9 Å². The maximum atomic E-state index is 12.6. The van der Waals surface area contributed by atoms with Crippen molar-refractivity contribution >= 4 is 11.9 Å². The molecule has 2 N–H and O–H groups in total. The van der Waals surface area contributed by atoms with E-state index in [2.05, 4.69) is 16.9 Å². The molecule has 0 bridgehead atoms. The molecule has 0 fully saturated rings. The number of carbonyl (C=O) groups is 2. The van der Waals surface area contributed by atoms with Crippen molar-refractivity contribution in [3.05, 3.63) is 47.6 Å². The zero-order chi connectivity index (χ0) is 21.7. The fourth-order valence-corrected chi connectivity index (χ4v) is 3.15. The average molecular weight is 405 g/mol. The Morgan fingerprint density at radius 2 is 1.97 bits per heavy atom. The van der Waals surface area contributed by atoms with Crippen LogP contribution in [0.1, 0.15) is 17.9 Å². The lowest BCUT2D eigenvalue weighted by Crippen LogP contribution is -2.28. The molecule has 0 saturated heterocycles. The molecule has 1 aliphatic rings. The van der Waals surface area contributed by atoms with Crippen molar-refractivity contribution in [2.45, 2.75) is 12.3 Å². The lowest BCUT2D eigenvalue weighted by atomic mass is 9.84. The largest absolute Gasteiger partial charge is 0.452 e. The van der Waals surface area contributed by atoms with E-state index < -0.39 is 17.9 Å². The Morgan fingerprint density at radius 3 is 2.63 bits per heavy atom. The number of ether oxygens (including phenoxy) is 3. The smallest absolute Gasteiger partial charge is 0.341 e. The average Bonchev–Trinajstić information content (AvgIpc) is 3.16. The Bertz CT molecular complexity index is 1100. The molecule has 0 radical (unpaired) electrons. The van der Waals surface area contributed by atoms with Gasteiger partial charge in [0.05, 0.1) is 12.6 Å². The monoisotopic (exact) mass is 405 g/mol. The number of nitrogens with zero attached hydrogens (tertiary/aromatic N) is 2. The van der Waals surface area contributed by atoms with Crippen LogP contribution in [0.2, 0.25) is 0 Å². The summed E-state index contributed by atoms with van der Waals surface area (Å²) in [5.74, 6) is 2.59. The molecular weight excluding hydrogens is 386 g/mol. The SMILES string of the molecule is C#CCOC(=O)CC1C(C(=O)OCC#C)=C(N)Oc2ccc(-c3cnn(C)c3)cc21. The summed E-state index contributed by atoms with van der Waals surface area (Å²) in [4.78, 5) is 24.9. The molecule has 152 valence electrons. The number of aromatic nitrogens is 2. The second-order valence-corrected chi connectivity index (χ2v) is 6.44. The minimum Gasteiger partial charge on any atom is -0.452 e. The molecule has 2 heterocycles. The Hall–Kier alpha value is -4.17. The van der Waals surface area contributed by atoms with Crippen molar-refractivity contribution in [3.63, 3.8) is 0 Å². The number of rotatable bonds is 6. The third-order valence-corrected chi connectivity index (χ3v) is 4.45. The van der Waals surface area contributed by atoms with E-state index >= 15 is 0 Å². The first-order valence-electron chi connectivity index (χ1n) is 8.94. The van der Waals surface area contributed by atoms with Crippen LogP contribution in [0.4, 0.5) is 0 Å². The molecule has 3 rings (SSSR count). The molecule has 8 nitrogen and oxygen atoms in total. The van der Waals surface area contributed by atoms with E-state index in [-0.39, 0.29) is 31.1 Å². The number of hydrogen-bond acceptors (Lipinski definition) is 7.